The van der Waals surface area contributed by atoms with Crippen LogP contribution in [0, 0.1) is 18.6 Å². The summed E-state index contributed by atoms with van der Waals surface area (Å²) in [6.07, 6.45) is 1.96. The molecule has 2 rings (SSSR count). The van der Waals surface area contributed by atoms with Crippen molar-refractivity contribution in [1.29, 1.82) is 0 Å². The van der Waals surface area contributed by atoms with Crippen LogP contribution in [0.15, 0.2) is 12.1 Å². The lowest BCUT2D eigenvalue weighted by atomic mass is 9.83. The lowest BCUT2D eigenvalue weighted by molar-refractivity contribution is -0.0288. The Morgan fingerprint density at radius 3 is 2.42 bits per heavy atom. The monoisotopic (exact) mass is 269 g/mol. The van der Waals surface area contributed by atoms with Crippen LogP contribution in [0.4, 0.5) is 8.78 Å². The molecule has 1 aromatic rings. The maximum absolute atomic E-state index is 14.0. The quantitative estimate of drug-likeness (QED) is 0.912. The largest absolute Gasteiger partial charge is 0.385 e. The summed E-state index contributed by atoms with van der Waals surface area (Å²) in [5, 5.41) is 10.6. The Kier molecular flexibility index (Phi) is 4.21. The van der Waals surface area contributed by atoms with Gasteiger partial charge in [0.1, 0.15) is 0 Å². The van der Waals surface area contributed by atoms with E-state index in [1.807, 2.05) is 0 Å². The molecule has 1 saturated heterocycles. The number of nitrogens with zero attached hydrogens (tertiary/aromatic N) is 1. The fraction of sp³-hybridized carbons (Fsp3) is 0.600. The summed E-state index contributed by atoms with van der Waals surface area (Å²) in [6.45, 7) is 6.06. The van der Waals surface area contributed by atoms with E-state index in [0.29, 0.717) is 12.8 Å². The van der Waals surface area contributed by atoms with Crippen molar-refractivity contribution in [3.8, 4) is 0 Å². The van der Waals surface area contributed by atoms with E-state index in [2.05, 4.69) is 11.8 Å². The smallest absolute Gasteiger partial charge is 0.165 e. The van der Waals surface area contributed by atoms with Crippen molar-refractivity contribution < 1.29 is 13.9 Å². The van der Waals surface area contributed by atoms with E-state index in [4.69, 9.17) is 0 Å². The number of halogens is 2. The molecule has 1 heterocycles. The van der Waals surface area contributed by atoms with Crippen molar-refractivity contribution in [2.75, 3.05) is 19.6 Å². The van der Waals surface area contributed by atoms with Crippen molar-refractivity contribution in [3.63, 3.8) is 0 Å². The van der Waals surface area contributed by atoms with Gasteiger partial charge in [0.15, 0.2) is 11.6 Å². The summed E-state index contributed by atoms with van der Waals surface area (Å²) in [7, 11) is 0. The molecule has 19 heavy (non-hydrogen) atoms. The second kappa shape index (κ2) is 5.55. The number of aliphatic hydroxyl groups is 1. The number of benzene rings is 1. The molecule has 0 radical (unpaired) electrons. The Balaban J connectivity index is 2.20. The molecule has 0 saturated carbocycles. The predicted octanol–water partition coefficient (Wildman–Crippen LogP) is 2.97. The fourth-order valence-electron chi connectivity index (χ4n) is 2.74. The third-order valence-electron chi connectivity index (χ3n) is 4.00. The van der Waals surface area contributed by atoms with Crippen LogP contribution in [0.25, 0.3) is 0 Å². The highest BCUT2D eigenvalue weighted by Gasteiger charge is 2.36. The highest BCUT2D eigenvalue weighted by Crippen LogP contribution is 2.35. The van der Waals surface area contributed by atoms with Crippen LogP contribution in [-0.4, -0.2) is 29.6 Å². The first-order valence-electron chi connectivity index (χ1n) is 6.88. The van der Waals surface area contributed by atoms with E-state index >= 15 is 0 Å². The molecule has 0 amide bonds. The number of aryl methyl sites for hydroxylation is 1. The number of rotatable bonds is 3. The van der Waals surface area contributed by atoms with Gasteiger partial charge in [-0.15, -0.1) is 0 Å². The maximum atomic E-state index is 14.0. The van der Waals surface area contributed by atoms with Crippen LogP contribution in [0.5, 0.6) is 0 Å². The molecule has 1 aliphatic rings. The molecule has 1 aromatic carbocycles. The summed E-state index contributed by atoms with van der Waals surface area (Å²) in [4.78, 5) is 2.25. The third-order valence-corrected chi connectivity index (χ3v) is 4.00. The van der Waals surface area contributed by atoms with Crippen LogP contribution in [0.2, 0.25) is 0 Å². The number of likely N-dealkylation sites (tertiary alicyclic amines) is 1. The summed E-state index contributed by atoms with van der Waals surface area (Å²) >= 11 is 0. The average molecular weight is 269 g/mol. The van der Waals surface area contributed by atoms with Crippen LogP contribution in [0.1, 0.15) is 37.3 Å². The zero-order chi connectivity index (χ0) is 14.0. The summed E-state index contributed by atoms with van der Waals surface area (Å²) in [6, 6.07) is 3.05. The first-order valence-corrected chi connectivity index (χ1v) is 6.88. The van der Waals surface area contributed by atoms with Gasteiger partial charge in [-0.25, -0.2) is 8.78 Å². The lowest BCUT2D eigenvalue weighted by Crippen LogP contribution is -2.43. The molecule has 4 heteroatoms. The van der Waals surface area contributed by atoms with E-state index in [1.165, 1.54) is 19.1 Å². The van der Waals surface area contributed by atoms with Gasteiger partial charge in [0.25, 0.3) is 0 Å². The second-order valence-corrected chi connectivity index (χ2v) is 5.43. The Bertz CT molecular complexity index is 454. The second-order valence-electron chi connectivity index (χ2n) is 5.43. The van der Waals surface area contributed by atoms with Crippen LogP contribution in [0.3, 0.4) is 0 Å². The van der Waals surface area contributed by atoms with Crippen LogP contribution >= 0.6 is 0 Å². The Morgan fingerprint density at radius 1 is 1.21 bits per heavy atom. The van der Waals surface area contributed by atoms with Crippen LogP contribution < -0.4 is 0 Å². The van der Waals surface area contributed by atoms with Gasteiger partial charge in [0, 0.05) is 18.7 Å². The van der Waals surface area contributed by atoms with E-state index in [1.54, 1.807) is 0 Å². The van der Waals surface area contributed by atoms with Crippen molar-refractivity contribution in [2.45, 2.75) is 38.7 Å². The highest BCUT2D eigenvalue weighted by atomic mass is 19.2. The maximum Gasteiger partial charge on any atom is 0.165 e. The fourth-order valence-corrected chi connectivity index (χ4v) is 2.74. The van der Waals surface area contributed by atoms with Gasteiger partial charge in [-0.3, -0.25) is 0 Å². The van der Waals surface area contributed by atoms with Gasteiger partial charge in [-0.1, -0.05) is 19.1 Å². The highest BCUT2D eigenvalue weighted by molar-refractivity contribution is 5.30. The average Bonchev–Trinajstić information content (AvgIpc) is 2.39. The third kappa shape index (κ3) is 2.79. The van der Waals surface area contributed by atoms with E-state index < -0.39 is 17.2 Å². The minimum Gasteiger partial charge on any atom is -0.385 e. The van der Waals surface area contributed by atoms with E-state index in [-0.39, 0.29) is 11.1 Å². The van der Waals surface area contributed by atoms with E-state index in [9.17, 15) is 13.9 Å². The molecule has 0 spiro atoms. The standard InChI is InChI=1S/C15H21F2NO/c1-3-8-18-9-6-15(19,7-10-18)12-5-4-11(2)13(16)14(12)17/h4-5,19H,3,6-10H2,1-2H3. The molecule has 0 unspecified atom stereocenters. The minimum atomic E-state index is -1.23. The zero-order valence-corrected chi connectivity index (χ0v) is 11.5. The summed E-state index contributed by atoms with van der Waals surface area (Å²) in [5.74, 6) is -1.74. The Labute approximate surface area is 113 Å². The van der Waals surface area contributed by atoms with Gasteiger partial charge >= 0.3 is 0 Å². The van der Waals surface area contributed by atoms with Gasteiger partial charge < -0.3 is 10.0 Å². The molecular formula is C15H21F2NO. The predicted molar refractivity (Wildman–Crippen MR) is 71.0 cm³/mol. The first-order chi connectivity index (χ1) is 8.98. The van der Waals surface area contributed by atoms with Crippen molar-refractivity contribution in [1.82, 2.24) is 4.90 Å². The zero-order valence-electron chi connectivity index (χ0n) is 11.5. The molecule has 2 nitrogen and oxygen atoms in total. The number of piperidine rings is 1. The molecule has 0 bridgehead atoms. The van der Waals surface area contributed by atoms with Gasteiger partial charge in [0.2, 0.25) is 0 Å². The minimum absolute atomic E-state index is 0.103. The van der Waals surface area contributed by atoms with Gasteiger partial charge in [-0.2, -0.15) is 0 Å². The molecule has 1 fully saturated rings. The van der Waals surface area contributed by atoms with Crippen molar-refractivity contribution in [3.05, 3.63) is 34.9 Å². The van der Waals surface area contributed by atoms with Crippen molar-refractivity contribution in [2.24, 2.45) is 0 Å². The molecular weight excluding hydrogens is 248 g/mol. The number of hydrogen-bond acceptors (Lipinski definition) is 2. The van der Waals surface area contributed by atoms with Gasteiger partial charge in [-0.05, 0) is 38.3 Å². The van der Waals surface area contributed by atoms with Crippen LogP contribution in [-0.2, 0) is 5.60 Å². The molecule has 106 valence electrons. The molecule has 1 N–H and O–H groups in total. The Hall–Kier alpha value is -1.00. The topological polar surface area (TPSA) is 23.5 Å². The molecule has 0 aliphatic carbocycles. The normalized spacial score (nSPS) is 19.6. The summed E-state index contributed by atoms with van der Waals surface area (Å²) < 4.78 is 27.6. The molecule has 0 aromatic heterocycles. The van der Waals surface area contributed by atoms with E-state index in [0.717, 1.165) is 26.1 Å². The Morgan fingerprint density at radius 2 is 1.84 bits per heavy atom. The lowest BCUT2D eigenvalue weighted by Gasteiger charge is -2.38. The molecule has 1 aliphatic heterocycles. The van der Waals surface area contributed by atoms with Crippen molar-refractivity contribution >= 4 is 0 Å². The number of hydrogen-bond donors (Lipinski definition) is 1. The molecule has 0 atom stereocenters. The SMILES string of the molecule is CCCN1CCC(O)(c2ccc(C)c(F)c2F)CC1. The summed E-state index contributed by atoms with van der Waals surface area (Å²) in [5.41, 5.74) is -0.858. The van der Waals surface area contributed by atoms with Gasteiger partial charge in [0.05, 0.1) is 5.60 Å². The first kappa shape index (κ1) is 14.4.